The number of H-pyrrole nitrogens is 1. The molecule has 0 saturated heterocycles. The summed E-state index contributed by atoms with van der Waals surface area (Å²) in [7, 11) is 0. The lowest BCUT2D eigenvalue weighted by Crippen LogP contribution is -2.10. The van der Waals surface area contributed by atoms with Gasteiger partial charge in [-0.25, -0.2) is 15.0 Å². The first-order valence-electron chi connectivity index (χ1n) is 5.72. The first kappa shape index (κ1) is 11.5. The Morgan fingerprint density at radius 3 is 2.88 bits per heavy atom. The average Bonchev–Trinajstić information content (AvgIpc) is 2.83. The zero-order valence-electron chi connectivity index (χ0n) is 10.0. The molecule has 17 heavy (non-hydrogen) atoms. The maximum absolute atomic E-state index is 4.21. The van der Waals surface area contributed by atoms with Gasteiger partial charge in [0, 0.05) is 11.8 Å². The molecule has 0 aliphatic rings. The maximum Gasteiger partial charge on any atom is 0.146 e. The van der Waals surface area contributed by atoms with Gasteiger partial charge in [-0.3, -0.25) is 5.10 Å². The predicted molar refractivity (Wildman–Crippen MR) is 64.4 cm³/mol. The average molecular weight is 232 g/mol. The summed E-state index contributed by atoms with van der Waals surface area (Å²) in [6.45, 7) is 4.13. The van der Waals surface area contributed by atoms with Gasteiger partial charge in [-0.2, -0.15) is 5.10 Å². The summed E-state index contributed by atoms with van der Waals surface area (Å²) >= 11 is 0. The van der Waals surface area contributed by atoms with Crippen LogP contribution in [0.15, 0.2) is 18.7 Å². The molecule has 2 aromatic heterocycles. The summed E-state index contributed by atoms with van der Waals surface area (Å²) in [6, 6.07) is 2.01. The topological polar surface area (TPSA) is 79.4 Å². The van der Waals surface area contributed by atoms with E-state index in [9.17, 15) is 0 Å². The Morgan fingerprint density at radius 2 is 2.18 bits per heavy atom. The molecule has 0 aliphatic heterocycles. The second-order valence-corrected chi connectivity index (χ2v) is 3.88. The van der Waals surface area contributed by atoms with Crippen LogP contribution in [-0.2, 0) is 6.42 Å². The highest BCUT2D eigenvalue weighted by atomic mass is 15.2. The quantitative estimate of drug-likeness (QED) is 0.820. The molecule has 6 heteroatoms. The maximum atomic E-state index is 4.21. The number of hydrogen-bond acceptors (Lipinski definition) is 5. The Hall–Kier alpha value is -1.98. The van der Waals surface area contributed by atoms with Gasteiger partial charge >= 0.3 is 0 Å². The van der Waals surface area contributed by atoms with E-state index in [1.807, 2.05) is 13.0 Å². The molecule has 1 atom stereocenters. The van der Waals surface area contributed by atoms with Crippen LogP contribution in [0.4, 0.5) is 5.82 Å². The van der Waals surface area contributed by atoms with E-state index in [4.69, 9.17) is 0 Å². The molecule has 1 unspecified atom stereocenters. The van der Waals surface area contributed by atoms with E-state index in [0.29, 0.717) is 0 Å². The molecular weight excluding hydrogens is 216 g/mol. The van der Waals surface area contributed by atoms with Crippen LogP contribution in [0.25, 0.3) is 0 Å². The van der Waals surface area contributed by atoms with Gasteiger partial charge in [-0.15, -0.1) is 0 Å². The van der Waals surface area contributed by atoms with Crippen molar-refractivity contribution in [3.05, 3.63) is 30.2 Å². The van der Waals surface area contributed by atoms with Crippen molar-refractivity contribution in [3.8, 4) is 0 Å². The molecule has 0 radical (unpaired) electrons. The van der Waals surface area contributed by atoms with Crippen LogP contribution >= 0.6 is 0 Å². The van der Waals surface area contributed by atoms with Crippen LogP contribution in [0, 0.1) is 0 Å². The fourth-order valence-electron chi connectivity index (χ4n) is 1.58. The molecule has 2 heterocycles. The van der Waals surface area contributed by atoms with Crippen LogP contribution in [0.5, 0.6) is 0 Å². The molecule has 0 bridgehead atoms. The first-order chi connectivity index (χ1) is 8.29. The fraction of sp³-hybridized carbons (Fsp3) is 0.455. The minimum Gasteiger partial charge on any atom is -0.360 e. The number of anilines is 1. The largest absolute Gasteiger partial charge is 0.360 e. The summed E-state index contributed by atoms with van der Waals surface area (Å²) in [4.78, 5) is 12.5. The molecule has 0 amide bonds. The first-order valence-corrected chi connectivity index (χ1v) is 5.72. The zero-order valence-corrected chi connectivity index (χ0v) is 10.0. The van der Waals surface area contributed by atoms with Crippen molar-refractivity contribution in [3.63, 3.8) is 0 Å². The second kappa shape index (κ2) is 5.38. The highest BCUT2D eigenvalue weighted by Gasteiger charge is 2.08. The van der Waals surface area contributed by atoms with Crippen LogP contribution in [-0.4, -0.2) is 25.1 Å². The number of aromatic nitrogens is 5. The summed E-state index contributed by atoms with van der Waals surface area (Å²) in [5.74, 6) is 1.60. The minimum atomic E-state index is 0.0434. The number of rotatable bonds is 5. The van der Waals surface area contributed by atoms with E-state index in [0.717, 1.165) is 30.2 Å². The number of nitrogens with zero attached hydrogens (tertiary/aromatic N) is 4. The van der Waals surface area contributed by atoms with Gasteiger partial charge in [0.15, 0.2) is 0 Å². The molecule has 90 valence electrons. The SMILES string of the molecule is CCCc1cc(NC(C)c2ncn[nH]2)ncn1. The Labute approximate surface area is 99.9 Å². The van der Waals surface area contributed by atoms with Crippen molar-refractivity contribution < 1.29 is 0 Å². The molecule has 2 N–H and O–H groups in total. The minimum absolute atomic E-state index is 0.0434. The van der Waals surface area contributed by atoms with Gasteiger partial charge in [0.25, 0.3) is 0 Å². The van der Waals surface area contributed by atoms with Crippen LogP contribution in [0.2, 0.25) is 0 Å². The Morgan fingerprint density at radius 1 is 1.29 bits per heavy atom. The number of aryl methyl sites for hydroxylation is 1. The van der Waals surface area contributed by atoms with Crippen molar-refractivity contribution in [2.24, 2.45) is 0 Å². The number of hydrogen-bond donors (Lipinski definition) is 2. The van der Waals surface area contributed by atoms with Crippen LogP contribution in [0.3, 0.4) is 0 Å². The predicted octanol–water partition coefficient (Wildman–Crippen LogP) is 1.72. The summed E-state index contributed by atoms with van der Waals surface area (Å²) in [5, 5.41) is 9.91. The fourth-order valence-corrected chi connectivity index (χ4v) is 1.58. The van der Waals surface area contributed by atoms with Crippen molar-refractivity contribution in [1.29, 1.82) is 0 Å². The summed E-state index contributed by atoms with van der Waals surface area (Å²) in [6.07, 6.45) is 5.12. The lowest BCUT2D eigenvalue weighted by Gasteiger charge is -2.11. The van der Waals surface area contributed by atoms with Gasteiger partial charge in [0.05, 0.1) is 6.04 Å². The highest BCUT2D eigenvalue weighted by molar-refractivity contribution is 5.36. The molecule has 0 spiro atoms. The van der Waals surface area contributed by atoms with E-state index in [1.54, 1.807) is 6.33 Å². The highest BCUT2D eigenvalue weighted by Crippen LogP contribution is 2.14. The van der Waals surface area contributed by atoms with Crippen molar-refractivity contribution in [2.45, 2.75) is 32.7 Å². The van der Waals surface area contributed by atoms with Gasteiger partial charge in [0.1, 0.15) is 24.3 Å². The third kappa shape index (κ3) is 2.99. The van der Waals surface area contributed by atoms with E-state index in [-0.39, 0.29) is 6.04 Å². The van der Waals surface area contributed by atoms with Crippen molar-refractivity contribution >= 4 is 5.82 Å². The molecule has 2 rings (SSSR count). The third-order valence-electron chi connectivity index (χ3n) is 2.44. The van der Waals surface area contributed by atoms with Gasteiger partial charge in [0.2, 0.25) is 0 Å². The number of aromatic amines is 1. The number of nitrogens with one attached hydrogen (secondary N) is 2. The standard InChI is InChI=1S/C11H16N6/c1-3-4-9-5-10(13-6-12-9)16-8(2)11-14-7-15-17-11/h5-8H,3-4H2,1-2H3,(H,12,13,16)(H,14,15,17). The molecule has 0 aliphatic carbocycles. The molecule has 0 saturated carbocycles. The van der Waals surface area contributed by atoms with E-state index in [2.05, 4.69) is 37.4 Å². The monoisotopic (exact) mass is 232 g/mol. The van der Waals surface area contributed by atoms with Gasteiger partial charge in [-0.05, 0) is 13.3 Å². The molecule has 0 fully saturated rings. The van der Waals surface area contributed by atoms with Crippen LogP contribution in [0.1, 0.15) is 37.8 Å². The second-order valence-electron chi connectivity index (χ2n) is 3.88. The van der Waals surface area contributed by atoms with E-state index >= 15 is 0 Å². The third-order valence-corrected chi connectivity index (χ3v) is 2.44. The van der Waals surface area contributed by atoms with E-state index < -0.39 is 0 Å². The van der Waals surface area contributed by atoms with Crippen molar-refractivity contribution in [1.82, 2.24) is 25.1 Å². The Bertz CT molecular complexity index is 453. The Kier molecular flexibility index (Phi) is 3.64. The lowest BCUT2D eigenvalue weighted by atomic mass is 10.2. The Balaban J connectivity index is 2.05. The normalized spacial score (nSPS) is 12.4. The smallest absolute Gasteiger partial charge is 0.146 e. The van der Waals surface area contributed by atoms with Gasteiger partial charge in [-0.1, -0.05) is 13.3 Å². The summed E-state index contributed by atoms with van der Waals surface area (Å²) < 4.78 is 0. The van der Waals surface area contributed by atoms with Crippen molar-refractivity contribution in [2.75, 3.05) is 5.32 Å². The molecule has 0 aromatic carbocycles. The van der Waals surface area contributed by atoms with E-state index in [1.165, 1.54) is 6.33 Å². The van der Waals surface area contributed by atoms with Gasteiger partial charge < -0.3 is 5.32 Å². The molecular formula is C11H16N6. The molecule has 6 nitrogen and oxygen atoms in total. The molecule has 2 aromatic rings. The van der Waals surface area contributed by atoms with Crippen LogP contribution < -0.4 is 5.32 Å². The lowest BCUT2D eigenvalue weighted by molar-refractivity contribution is 0.785. The zero-order chi connectivity index (χ0) is 12.1. The summed E-state index contributed by atoms with van der Waals surface area (Å²) in [5.41, 5.74) is 1.05.